The predicted octanol–water partition coefficient (Wildman–Crippen LogP) is 3.04. The van der Waals surface area contributed by atoms with Gasteiger partial charge >= 0.3 is 0 Å². The Kier molecular flexibility index (Phi) is 1.74. The molecule has 0 bridgehead atoms. The summed E-state index contributed by atoms with van der Waals surface area (Å²) in [5.74, 6) is 0.893. The molecule has 0 aromatic rings. The fraction of sp³-hybridized carbons (Fsp3) is 0.889. The van der Waals surface area contributed by atoms with E-state index in [0.717, 1.165) is 5.92 Å². The molecule has 1 aliphatic carbocycles. The third-order valence-corrected chi connectivity index (χ3v) is 2.63. The van der Waals surface area contributed by atoms with Crippen molar-refractivity contribution < 1.29 is 0 Å². The van der Waals surface area contributed by atoms with E-state index < -0.39 is 0 Å². The Morgan fingerprint density at radius 3 is 2.44 bits per heavy atom. The smallest absolute Gasteiger partial charge is 0.0654 e. The van der Waals surface area contributed by atoms with Gasteiger partial charge in [0.05, 0.1) is 6.42 Å². The molecular formula is C9H17+. The zero-order valence-corrected chi connectivity index (χ0v) is 6.78. The molecule has 0 saturated heterocycles. The van der Waals surface area contributed by atoms with Crippen molar-refractivity contribution >= 4 is 0 Å². The van der Waals surface area contributed by atoms with Gasteiger partial charge in [-0.2, -0.15) is 0 Å². The molecule has 2 atom stereocenters. The lowest BCUT2D eigenvalue weighted by Gasteiger charge is -1.97. The van der Waals surface area contributed by atoms with Crippen molar-refractivity contribution in [3.8, 4) is 0 Å². The molecule has 0 aromatic heterocycles. The lowest BCUT2D eigenvalue weighted by molar-refractivity contribution is 0.463. The van der Waals surface area contributed by atoms with Gasteiger partial charge < -0.3 is 0 Å². The van der Waals surface area contributed by atoms with E-state index in [1.807, 2.05) is 0 Å². The summed E-state index contributed by atoms with van der Waals surface area (Å²) in [6.45, 7) is 6.94. The van der Waals surface area contributed by atoms with Crippen molar-refractivity contribution in [1.82, 2.24) is 0 Å². The van der Waals surface area contributed by atoms with E-state index in [0.29, 0.717) is 5.41 Å². The van der Waals surface area contributed by atoms with Crippen LogP contribution in [0, 0.1) is 17.8 Å². The summed E-state index contributed by atoms with van der Waals surface area (Å²) in [6.07, 6.45) is 6.61. The molecule has 2 unspecified atom stereocenters. The van der Waals surface area contributed by atoms with Gasteiger partial charge in [-0.25, -0.2) is 0 Å². The largest absolute Gasteiger partial charge is 0.148 e. The number of hydrogen-bond acceptors (Lipinski definition) is 0. The van der Waals surface area contributed by atoms with Crippen molar-refractivity contribution in [2.45, 2.75) is 40.0 Å². The Hall–Kier alpha value is -0.130. The van der Waals surface area contributed by atoms with Crippen LogP contribution in [0.3, 0.4) is 0 Å². The van der Waals surface area contributed by atoms with Gasteiger partial charge in [-0.05, 0) is 26.7 Å². The molecule has 1 rings (SSSR count). The summed E-state index contributed by atoms with van der Waals surface area (Å²) in [7, 11) is 0. The second kappa shape index (κ2) is 2.24. The average Bonchev–Trinajstić information content (AvgIpc) is 2.38. The predicted molar refractivity (Wildman–Crippen MR) is 41.1 cm³/mol. The summed E-state index contributed by atoms with van der Waals surface area (Å²) >= 11 is 0. The van der Waals surface area contributed by atoms with Crippen LogP contribution in [0.15, 0.2) is 0 Å². The molecule has 0 amide bonds. The molecule has 9 heavy (non-hydrogen) atoms. The highest BCUT2D eigenvalue weighted by molar-refractivity contribution is 5.13. The minimum absolute atomic E-state index is 0.635. The number of rotatable bonds is 3. The molecule has 0 aliphatic heterocycles. The summed E-state index contributed by atoms with van der Waals surface area (Å²) < 4.78 is 0. The van der Waals surface area contributed by atoms with Crippen molar-refractivity contribution in [2.75, 3.05) is 0 Å². The van der Waals surface area contributed by atoms with Crippen molar-refractivity contribution in [2.24, 2.45) is 11.3 Å². The second-order valence-electron chi connectivity index (χ2n) is 3.56. The highest BCUT2D eigenvalue weighted by Crippen LogP contribution is 2.53. The van der Waals surface area contributed by atoms with E-state index in [4.69, 9.17) is 0 Å². The molecule has 0 radical (unpaired) electrons. The van der Waals surface area contributed by atoms with Crippen molar-refractivity contribution in [3.63, 3.8) is 0 Å². The molecule has 0 heteroatoms. The Labute approximate surface area is 58.7 Å². The van der Waals surface area contributed by atoms with Crippen LogP contribution in [0.1, 0.15) is 40.0 Å². The minimum atomic E-state index is 0.635. The van der Waals surface area contributed by atoms with Gasteiger partial charge in [0.15, 0.2) is 0 Å². The van der Waals surface area contributed by atoms with Crippen LogP contribution in [0.5, 0.6) is 0 Å². The van der Waals surface area contributed by atoms with E-state index in [-0.39, 0.29) is 0 Å². The highest BCUT2D eigenvalue weighted by Gasteiger charge is 2.59. The first-order chi connectivity index (χ1) is 4.19. The maximum atomic E-state index is 2.46. The Morgan fingerprint density at radius 1 is 1.56 bits per heavy atom. The standard InChI is InChI=1S/C9H17/c1-4-5-6-9(3)7-8(9)2/h7-8H,4-6H2,1-3H3/q+1. The first kappa shape index (κ1) is 6.98. The monoisotopic (exact) mass is 125 g/mol. The van der Waals surface area contributed by atoms with Crippen molar-refractivity contribution in [3.05, 3.63) is 6.42 Å². The lowest BCUT2D eigenvalue weighted by Crippen LogP contribution is -1.94. The SMILES string of the molecule is CCCCC1(C)[CH+]C1C. The zero-order valence-electron chi connectivity index (χ0n) is 6.78. The molecule has 0 spiro atoms. The van der Waals surface area contributed by atoms with Gasteiger partial charge in [0.1, 0.15) is 11.3 Å². The molecule has 0 nitrogen and oxygen atoms in total. The fourth-order valence-corrected chi connectivity index (χ4v) is 1.39. The van der Waals surface area contributed by atoms with Crippen LogP contribution in [-0.4, -0.2) is 0 Å². The number of unbranched alkanes of at least 4 members (excludes halogenated alkanes) is 1. The Bertz CT molecular complexity index is 96.2. The van der Waals surface area contributed by atoms with E-state index in [9.17, 15) is 0 Å². The molecule has 0 aromatic carbocycles. The summed E-state index contributed by atoms with van der Waals surface area (Å²) in [4.78, 5) is 0. The maximum absolute atomic E-state index is 2.46. The van der Waals surface area contributed by atoms with Gasteiger partial charge in [-0.1, -0.05) is 13.3 Å². The summed E-state index contributed by atoms with van der Waals surface area (Å²) in [5, 5.41) is 0. The molecule has 1 aliphatic rings. The Balaban J connectivity index is 2.13. The van der Waals surface area contributed by atoms with Crippen LogP contribution in [0.25, 0.3) is 0 Å². The lowest BCUT2D eigenvalue weighted by atomic mass is 9.99. The number of hydrogen-bond donors (Lipinski definition) is 0. The van der Waals surface area contributed by atoms with Crippen molar-refractivity contribution in [1.29, 1.82) is 0 Å². The molecule has 1 fully saturated rings. The van der Waals surface area contributed by atoms with Gasteiger partial charge in [0.25, 0.3) is 0 Å². The molecular weight excluding hydrogens is 108 g/mol. The van der Waals surface area contributed by atoms with Crippen LogP contribution in [0.4, 0.5) is 0 Å². The molecule has 1 saturated carbocycles. The molecule has 52 valence electrons. The third kappa shape index (κ3) is 1.41. The van der Waals surface area contributed by atoms with Gasteiger partial charge in [-0.15, -0.1) is 0 Å². The summed E-state index contributed by atoms with van der Waals surface area (Å²) in [5.41, 5.74) is 0.635. The molecule has 0 N–H and O–H groups in total. The highest BCUT2D eigenvalue weighted by atomic mass is 14.5. The molecule has 0 heterocycles. The van der Waals surface area contributed by atoms with E-state index in [2.05, 4.69) is 27.2 Å². The topological polar surface area (TPSA) is 0 Å². The van der Waals surface area contributed by atoms with Gasteiger partial charge in [-0.3, -0.25) is 0 Å². The summed E-state index contributed by atoms with van der Waals surface area (Å²) in [6, 6.07) is 0. The average molecular weight is 125 g/mol. The van der Waals surface area contributed by atoms with Crippen LogP contribution >= 0.6 is 0 Å². The van der Waals surface area contributed by atoms with E-state index >= 15 is 0 Å². The van der Waals surface area contributed by atoms with Crippen LogP contribution in [0.2, 0.25) is 0 Å². The first-order valence-electron chi connectivity index (χ1n) is 4.05. The first-order valence-corrected chi connectivity index (χ1v) is 4.05. The third-order valence-electron chi connectivity index (χ3n) is 2.63. The van der Waals surface area contributed by atoms with Crippen LogP contribution < -0.4 is 0 Å². The van der Waals surface area contributed by atoms with Gasteiger partial charge in [0, 0.05) is 0 Å². The normalized spacial score (nSPS) is 40.1. The minimum Gasteiger partial charge on any atom is -0.0654 e. The quantitative estimate of drug-likeness (QED) is 0.508. The Morgan fingerprint density at radius 2 is 2.11 bits per heavy atom. The van der Waals surface area contributed by atoms with Crippen LogP contribution in [-0.2, 0) is 0 Å². The zero-order chi connectivity index (χ0) is 6.91. The van der Waals surface area contributed by atoms with Gasteiger partial charge in [0.2, 0.25) is 0 Å². The maximum Gasteiger partial charge on any atom is 0.148 e. The van der Waals surface area contributed by atoms with E-state index in [1.54, 1.807) is 0 Å². The second-order valence-corrected chi connectivity index (χ2v) is 3.56. The fourth-order valence-electron chi connectivity index (χ4n) is 1.39. The van der Waals surface area contributed by atoms with E-state index in [1.165, 1.54) is 19.3 Å².